The second-order valence-electron chi connectivity index (χ2n) is 10.2. The minimum atomic E-state index is -0.0686. The SMILES string of the molecule is Cc1cc(C)c2cc(CN(CCCO)[C@H](c3nnnn3C3CCCCC3)C(C)C)c(=O)[nH]c2c1. The van der Waals surface area contributed by atoms with Crippen LogP contribution in [0.15, 0.2) is 23.0 Å². The first-order chi connectivity index (χ1) is 16.4. The Labute approximate surface area is 201 Å². The molecular weight excluding hydrogens is 428 g/mol. The highest BCUT2D eigenvalue weighted by molar-refractivity contribution is 5.83. The molecule has 2 N–H and O–H groups in total. The molecule has 8 heteroatoms. The normalized spacial score (nSPS) is 16.1. The van der Waals surface area contributed by atoms with Crippen molar-refractivity contribution in [3.8, 4) is 0 Å². The molecule has 0 aliphatic heterocycles. The zero-order valence-electron chi connectivity index (χ0n) is 20.9. The number of aromatic nitrogens is 5. The maximum absolute atomic E-state index is 13.1. The van der Waals surface area contributed by atoms with Gasteiger partial charge in [0.15, 0.2) is 5.82 Å². The molecular formula is C26H38N6O2. The van der Waals surface area contributed by atoms with Crippen LogP contribution in [0.5, 0.6) is 0 Å². The van der Waals surface area contributed by atoms with E-state index in [9.17, 15) is 9.90 Å². The van der Waals surface area contributed by atoms with Gasteiger partial charge in [-0.15, -0.1) is 5.10 Å². The van der Waals surface area contributed by atoms with E-state index < -0.39 is 0 Å². The fraction of sp³-hybridized carbons (Fsp3) is 0.615. The zero-order chi connectivity index (χ0) is 24.2. The average molecular weight is 467 g/mol. The van der Waals surface area contributed by atoms with E-state index in [1.54, 1.807) is 0 Å². The molecule has 34 heavy (non-hydrogen) atoms. The third-order valence-electron chi connectivity index (χ3n) is 7.09. The van der Waals surface area contributed by atoms with Crippen molar-refractivity contribution in [2.75, 3.05) is 13.2 Å². The summed E-state index contributed by atoms with van der Waals surface area (Å²) >= 11 is 0. The van der Waals surface area contributed by atoms with Gasteiger partial charge in [0.25, 0.3) is 5.56 Å². The number of aliphatic hydroxyl groups excluding tert-OH is 1. The van der Waals surface area contributed by atoms with E-state index in [0.29, 0.717) is 25.6 Å². The van der Waals surface area contributed by atoms with Gasteiger partial charge >= 0.3 is 0 Å². The van der Waals surface area contributed by atoms with Crippen LogP contribution in [0.25, 0.3) is 10.9 Å². The van der Waals surface area contributed by atoms with Gasteiger partial charge in [0, 0.05) is 36.2 Å². The first-order valence-electron chi connectivity index (χ1n) is 12.6. The van der Waals surface area contributed by atoms with Crippen molar-refractivity contribution in [2.24, 2.45) is 5.92 Å². The van der Waals surface area contributed by atoms with Gasteiger partial charge in [-0.3, -0.25) is 9.69 Å². The molecule has 0 unspecified atom stereocenters. The van der Waals surface area contributed by atoms with E-state index in [-0.39, 0.29) is 24.1 Å². The van der Waals surface area contributed by atoms with Gasteiger partial charge in [-0.25, -0.2) is 4.68 Å². The average Bonchev–Trinajstić information content (AvgIpc) is 3.27. The number of pyridine rings is 1. The van der Waals surface area contributed by atoms with Crippen LogP contribution >= 0.6 is 0 Å². The molecule has 1 saturated carbocycles. The number of aliphatic hydroxyl groups is 1. The Bertz CT molecular complexity index is 1160. The van der Waals surface area contributed by atoms with Gasteiger partial charge in [0.05, 0.1) is 12.1 Å². The number of nitrogens with zero attached hydrogens (tertiary/aromatic N) is 5. The fourth-order valence-electron chi connectivity index (χ4n) is 5.51. The number of fused-ring (bicyclic) bond motifs is 1. The minimum absolute atomic E-state index is 0.0577. The highest BCUT2D eigenvalue weighted by Gasteiger charge is 2.32. The number of H-pyrrole nitrogens is 1. The van der Waals surface area contributed by atoms with Crippen molar-refractivity contribution in [2.45, 2.75) is 84.8 Å². The number of rotatable bonds is 9. The zero-order valence-corrected chi connectivity index (χ0v) is 20.9. The maximum Gasteiger partial charge on any atom is 0.252 e. The van der Waals surface area contributed by atoms with Gasteiger partial charge in [0.2, 0.25) is 0 Å². The maximum atomic E-state index is 13.1. The summed E-state index contributed by atoms with van der Waals surface area (Å²) in [6, 6.07) is 6.46. The van der Waals surface area contributed by atoms with Crippen molar-refractivity contribution in [1.29, 1.82) is 0 Å². The van der Waals surface area contributed by atoms with Crippen molar-refractivity contribution in [3.63, 3.8) is 0 Å². The lowest BCUT2D eigenvalue weighted by Crippen LogP contribution is -2.37. The number of hydrogen-bond acceptors (Lipinski definition) is 6. The summed E-state index contributed by atoms with van der Waals surface area (Å²) < 4.78 is 2.04. The van der Waals surface area contributed by atoms with Crippen LogP contribution in [-0.2, 0) is 6.54 Å². The molecule has 8 nitrogen and oxygen atoms in total. The van der Waals surface area contributed by atoms with Gasteiger partial charge < -0.3 is 10.1 Å². The summed E-state index contributed by atoms with van der Waals surface area (Å²) in [6.45, 7) is 9.69. The second-order valence-corrected chi connectivity index (χ2v) is 10.2. The first kappa shape index (κ1) is 24.5. The first-order valence-corrected chi connectivity index (χ1v) is 12.6. The molecule has 184 valence electrons. The van der Waals surface area contributed by atoms with Crippen LogP contribution < -0.4 is 5.56 Å². The topological polar surface area (TPSA) is 99.9 Å². The number of aromatic amines is 1. The number of benzene rings is 1. The van der Waals surface area contributed by atoms with E-state index >= 15 is 0 Å². The summed E-state index contributed by atoms with van der Waals surface area (Å²) in [5.74, 6) is 1.10. The Morgan fingerprint density at radius 2 is 1.94 bits per heavy atom. The monoisotopic (exact) mass is 466 g/mol. The number of tetrazole rings is 1. The van der Waals surface area contributed by atoms with E-state index in [2.05, 4.69) is 52.2 Å². The molecule has 1 fully saturated rings. The summed E-state index contributed by atoms with van der Waals surface area (Å²) in [6.07, 6.45) is 6.50. The molecule has 2 heterocycles. The number of nitrogens with one attached hydrogen (secondary N) is 1. The molecule has 0 spiro atoms. The quantitative estimate of drug-likeness (QED) is 0.490. The largest absolute Gasteiger partial charge is 0.396 e. The number of aryl methyl sites for hydroxylation is 2. The van der Waals surface area contributed by atoms with E-state index in [1.165, 1.54) is 19.3 Å². The van der Waals surface area contributed by atoms with E-state index in [1.807, 2.05) is 23.7 Å². The smallest absolute Gasteiger partial charge is 0.252 e. The lowest BCUT2D eigenvalue weighted by atomic mass is 9.94. The predicted octanol–water partition coefficient (Wildman–Crippen LogP) is 4.22. The van der Waals surface area contributed by atoms with Gasteiger partial charge in [-0.2, -0.15) is 0 Å². The Kier molecular flexibility index (Phi) is 7.78. The minimum Gasteiger partial charge on any atom is -0.396 e. The van der Waals surface area contributed by atoms with Crippen LogP contribution in [0.2, 0.25) is 0 Å². The van der Waals surface area contributed by atoms with Crippen LogP contribution in [0, 0.1) is 19.8 Å². The van der Waals surface area contributed by atoms with Crippen LogP contribution in [0.1, 0.15) is 87.0 Å². The Morgan fingerprint density at radius 3 is 2.65 bits per heavy atom. The van der Waals surface area contributed by atoms with Crippen molar-refractivity contribution in [3.05, 3.63) is 51.1 Å². The van der Waals surface area contributed by atoms with E-state index in [0.717, 1.165) is 46.3 Å². The van der Waals surface area contributed by atoms with Crippen LogP contribution in [0.3, 0.4) is 0 Å². The summed E-state index contributed by atoms with van der Waals surface area (Å²) in [5, 5.41) is 23.6. The van der Waals surface area contributed by atoms with Gasteiger partial charge in [-0.1, -0.05) is 39.2 Å². The number of hydrogen-bond donors (Lipinski definition) is 2. The third-order valence-corrected chi connectivity index (χ3v) is 7.09. The highest BCUT2D eigenvalue weighted by Crippen LogP contribution is 2.34. The second kappa shape index (κ2) is 10.8. The lowest BCUT2D eigenvalue weighted by molar-refractivity contribution is 0.118. The molecule has 0 saturated heterocycles. The van der Waals surface area contributed by atoms with Crippen molar-refractivity contribution >= 4 is 10.9 Å². The highest BCUT2D eigenvalue weighted by atomic mass is 16.3. The van der Waals surface area contributed by atoms with Gasteiger partial charge in [0.1, 0.15) is 0 Å². The molecule has 4 rings (SSSR count). The molecule has 2 aromatic heterocycles. The van der Waals surface area contributed by atoms with Crippen molar-refractivity contribution in [1.82, 2.24) is 30.1 Å². The summed E-state index contributed by atoms with van der Waals surface area (Å²) in [5.41, 5.74) is 3.80. The molecule has 1 aliphatic rings. The predicted molar refractivity (Wildman–Crippen MR) is 134 cm³/mol. The van der Waals surface area contributed by atoms with Crippen LogP contribution in [0.4, 0.5) is 0 Å². The molecule has 3 aromatic rings. The molecule has 0 amide bonds. The lowest BCUT2D eigenvalue weighted by Gasteiger charge is -2.34. The van der Waals surface area contributed by atoms with Gasteiger partial charge in [-0.05, 0) is 72.7 Å². The third kappa shape index (κ3) is 5.23. The van der Waals surface area contributed by atoms with E-state index in [4.69, 9.17) is 0 Å². The summed E-state index contributed by atoms with van der Waals surface area (Å²) in [4.78, 5) is 18.4. The fourth-order valence-corrected chi connectivity index (χ4v) is 5.51. The molecule has 1 atom stereocenters. The van der Waals surface area contributed by atoms with Crippen LogP contribution in [-0.4, -0.2) is 48.3 Å². The molecule has 0 bridgehead atoms. The molecule has 1 aliphatic carbocycles. The Balaban J connectivity index is 1.71. The Hall–Kier alpha value is -2.58. The molecule has 0 radical (unpaired) electrons. The Morgan fingerprint density at radius 1 is 1.18 bits per heavy atom. The van der Waals surface area contributed by atoms with Crippen molar-refractivity contribution < 1.29 is 5.11 Å². The standard InChI is InChI=1S/C26H38N6O2/c1-17(2)24(25-28-29-30-32(25)21-9-6-5-7-10-21)31(11-8-12-33)16-20-15-22-19(4)13-18(3)14-23(22)27-26(20)34/h13-15,17,21,24,33H,5-12,16H2,1-4H3,(H,27,34)/t24-/m0/s1. The summed E-state index contributed by atoms with van der Waals surface area (Å²) in [7, 11) is 0. The molecule has 1 aromatic carbocycles.